The van der Waals surface area contributed by atoms with Crippen LogP contribution in [-0.2, 0) is 5.41 Å². The van der Waals surface area contributed by atoms with Gasteiger partial charge in [-0.05, 0) is 36.9 Å². The van der Waals surface area contributed by atoms with Crippen LogP contribution in [0.1, 0.15) is 39.0 Å². The molecule has 3 rings (SSSR count). The van der Waals surface area contributed by atoms with E-state index in [1.807, 2.05) is 0 Å². The van der Waals surface area contributed by atoms with Crippen molar-refractivity contribution in [3.05, 3.63) is 5.89 Å². The molecule has 0 saturated carbocycles. The zero-order valence-corrected chi connectivity index (χ0v) is 11.3. The first-order valence-electron chi connectivity index (χ1n) is 7.02. The van der Waals surface area contributed by atoms with Gasteiger partial charge in [0.25, 0.3) is 5.95 Å². The van der Waals surface area contributed by atoms with Crippen molar-refractivity contribution >= 4 is 5.95 Å². The molecule has 2 fully saturated rings. The third-order valence-electron chi connectivity index (χ3n) is 4.52. The van der Waals surface area contributed by atoms with Crippen LogP contribution in [0.5, 0.6) is 0 Å². The number of nitrogens with zero attached hydrogens (tertiary/aromatic N) is 3. The average molecular weight is 250 g/mol. The number of hydrogen-bond donors (Lipinski definition) is 1. The van der Waals surface area contributed by atoms with Crippen molar-refractivity contribution in [2.45, 2.75) is 38.5 Å². The average Bonchev–Trinajstić information content (AvgIpc) is 3.11. The highest BCUT2D eigenvalue weighted by Gasteiger charge is 2.44. The molecule has 5 heteroatoms. The van der Waals surface area contributed by atoms with E-state index in [-0.39, 0.29) is 5.41 Å². The Bertz CT molecular complexity index is 403. The summed E-state index contributed by atoms with van der Waals surface area (Å²) in [6.45, 7) is 8.60. The second-order valence-electron chi connectivity index (χ2n) is 5.83. The third kappa shape index (κ3) is 1.81. The van der Waals surface area contributed by atoms with Gasteiger partial charge in [-0.3, -0.25) is 0 Å². The van der Waals surface area contributed by atoms with Crippen molar-refractivity contribution in [1.82, 2.24) is 15.5 Å². The van der Waals surface area contributed by atoms with Gasteiger partial charge in [-0.25, -0.2) is 0 Å². The first kappa shape index (κ1) is 12.0. The van der Waals surface area contributed by atoms with Gasteiger partial charge in [0.2, 0.25) is 5.89 Å². The molecule has 1 atom stereocenters. The minimum absolute atomic E-state index is 0.0327. The van der Waals surface area contributed by atoms with Crippen LogP contribution < -0.4 is 10.2 Å². The number of aromatic nitrogens is 2. The zero-order valence-electron chi connectivity index (χ0n) is 11.3. The molecule has 1 aromatic rings. The van der Waals surface area contributed by atoms with Gasteiger partial charge in [-0.2, -0.15) is 4.98 Å². The molecule has 1 aromatic heterocycles. The van der Waals surface area contributed by atoms with E-state index in [4.69, 9.17) is 4.52 Å². The van der Waals surface area contributed by atoms with Crippen LogP contribution in [0.2, 0.25) is 0 Å². The fourth-order valence-electron chi connectivity index (χ4n) is 3.10. The summed E-state index contributed by atoms with van der Waals surface area (Å²) in [5.41, 5.74) is 0.0327. The van der Waals surface area contributed by atoms with Crippen molar-refractivity contribution in [3.8, 4) is 0 Å². The summed E-state index contributed by atoms with van der Waals surface area (Å²) >= 11 is 0. The fraction of sp³-hybridized carbons (Fsp3) is 0.846. The van der Waals surface area contributed by atoms with Gasteiger partial charge in [-0.15, -0.1) is 0 Å². The minimum Gasteiger partial charge on any atom is -0.338 e. The van der Waals surface area contributed by atoms with Crippen LogP contribution in [-0.4, -0.2) is 36.3 Å². The quantitative estimate of drug-likeness (QED) is 0.882. The minimum atomic E-state index is 0.0327. The summed E-state index contributed by atoms with van der Waals surface area (Å²) in [6, 6.07) is 0. The predicted molar refractivity (Wildman–Crippen MR) is 69.7 cm³/mol. The van der Waals surface area contributed by atoms with E-state index in [0.717, 1.165) is 44.4 Å². The summed E-state index contributed by atoms with van der Waals surface area (Å²) < 4.78 is 5.58. The second-order valence-corrected chi connectivity index (χ2v) is 5.83. The Morgan fingerprint density at radius 1 is 1.33 bits per heavy atom. The lowest BCUT2D eigenvalue weighted by Crippen LogP contribution is -2.35. The first-order valence-corrected chi connectivity index (χ1v) is 7.02. The molecule has 0 bridgehead atoms. The van der Waals surface area contributed by atoms with Gasteiger partial charge in [0.15, 0.2) is 0 Å². The summed E-state index contributed by atoms with van der Waals surface area (Å²) in [5, 5.41) is 7.61. The molecule has 0 aliphatic carbocycles. The molecule has 1 unspecified atom stereocenters. The summed E-state index contributed by atoms with van der Waals surface area (Å²) in [4.78, 5) is 6.90. The standard InChI is InChI=1S/C13H22N4O/c1-10(2)13(5-6-14-9-13)11-15-12(16-18-11)17-7-3-4-8-17/h10,14H,3-9H2,1-2H3. The van der Waals surface area contributed by atoms with E-state index in [9.17, 15) is 0 Å². The molecular formula is C13H22N4O. The molecule has 100 valence electrons. The predicted octanol–water partition coefficient (Wildman–Crippen LogP) is 1.56. The molecule has 3 heterocycles. The van der Waals surface area contributed by atoms with Gasteiger partial charge in [0, 0.05) is 19.6 Å². The third-order valence-corrected chi connectivity index (χ3v) is 4.52. The lowest BCUT2D eigenvalue weighted by Gasteiger charge is -2.28. The molecule has 2 saturated heterocycles. The SMILES string of the molecule is CC(C)C1(c2nc(N3CCCC3)no2)CCNC1. The van der Waals surface area contributed by atoms with Crippen molar-refractivity contribution in [2.24, 2.45) is 5.92 Å². The number of hydrogen-bond acceptors (Lipinski definition) is 5. The lowest BCUT2D eigenvalue weighted by molar-refractivity contribution is 0.234. The Kier molecular flexibility index (Phi) is 3.01. The monoisotopic (exact) mass is 250 g/mol. The first-order chi connectivity index (χ1) is 8.72. The Morgan fingerprint density at radius 3 is 2.72 bits per heavy atom. The van der Waals surface area contributed by atoms with E-state index in [0.29, 0.717) is 5.92 Å². The molecule has 0 radical (unpaired) electrons. The highest BCUT2D eigenvalue weighted by Crippen LogP contribution is 2.37. The Labute approximate surface area is 108 Å². The highest BCUT2D eigenvalue weighted by molar-refractivity contribution is 5.30. The molecule has 0 spiro atoms. The van der Waals surface area contributed by atoms with Crippen LogP contribution in [0.3, 0.4) is 0 Å². The van der Waals surface area contributed by atoms with E-state index in [2.05, 4.69) is 34.2 Å². The summed E-state index contributed by atoms with van der Waals surface area (Å²) in [7, 11) is 0. The van der Waals surface area contributed by atoms with Gasteiger partial charge in [-0.1, -0.05) is 13.8 Å². The molecule has 2 aliphatic heterocycles. The maximum absolute atomic E-state index is 5.58. The van der Waals surface area contributed by atoms with Gasteiger partial charge < -0.3 is 14.7 Å². The Hall–Kier alpha value is -1.10. The summed E-state index contributed by atoms with van der Waals surface area (Å²) in [6.07, 6.45) is 3.56. The topological polar surface area (TPSA) is 54.2 Å². The summed E-state index contributed by atoms with van der Waals surface area (Å²) in [5.74, 6) is 2.12. The number of nitrogens with one attached hydrogen (secondary N) is 1. The van der Waals surface area contributed by atoms with Crippen molar-refractivity contribution in [1.29, 1.82) is 0 Å². The van der Waals surface area contributed by atoms with Crippen LogP contribution >= 0.6 is 0 Å². The normalized spacial score (nSPS) is 28.5. The van der Waals surface area contributed by atoms with Crippen LogP contribution in [0.15, 0.2) is 4.52 Å². The van der Waals surface area contributed by atoms with Crippen molar-refractivity contribution in [2.75, 3.05) is 31.1 Å². The van der Waals surface area contributed by atoms with Gasteiger partial charge >= 0.3 is 0 Å². The van der Waals surface area contributed by atoms with E-state index >= 15 is 0 Å². The zero-order chi connectivity index (χ0) is 12.6. The van der Waals surface area contributed by atoms with Gasteiger partial charge in [0.05, 0.1) is 5.41 Å². The van der Waals surface area contributed by atoms with Crippen LogP contribution in [0.4, 0.5) is 5.95 Å². The van der Waals surface area contributed by atoms with Crippen molar-refractivity contribution < 1.29 is 4.52 Å². The lowest BCUT2D eigenvalue weighted by atomic mass is 9.76. The van der Waals surface area contributed by atoms with Gasteiger partial charge in [0.1, 0.15) is 0 Å². The van der Waals surface area contributed by atoms with Crippen LogP contribution in [0, 0.1) is 5.92 Å². The smallest absolute Gasteiger partial charge is 0.266 e. The Morgan fingerprint density at radius 2 is 2.11 bits per heavy atom. The molecule has 0 amide bonds. The molecule has 2 aliphatic rings. The maximum Gasteiger partial charge on any atom is 0.266 e. The second kappa shape index (κ2) is 4.53. The Balaban J connectivity index is 1.86. The number of rotatable bonds is 3. The number of anilines is 1. The fourth-order valence-corrected chi connectivity index (χ4v) is 3.10. The molecule has 0 aromatic carbocycles. The van der Waals surface area contributed by atoms with Crippen LogP contribution in [0.25, 0.3) is 0 Å². The molecule has 1 N–H and O–H groups in total. The molecular weight excluding hydrogens is 228 g/mol. The van der Waals surface area contributed by atoms with Crippen molar-refractivity contribution in [3.63, 3.8) is 0 Å². The van der Waals surface area contributed by atoms with E-state index in [1.54, 1.807) is 0 Å². The van der Waals surface area contributed by atoms with E-state index < -0.39 is 0 Å². The van der Waals surface area contributed by atoms with E-state index in [1.165, 1.54) is 12.8 Å². The highest BCUT2D eigenvalue weighted by atomic mass is 16.5. The molecule has 5 nitrogen and oxygen atoms in total. The maximum atomic E-state index is 5.58. The molecule has 18 heavy (non-hydrogen) atoms. The largest absolute Gasteiger partial charge is 0.338 e.